The number of carbonyl (C=O) groups is 1. The van der Waals surface area contributed by atoms with Crippen molar-refractivity contribution in [2.75, 3.05) is 0 Å². The van der Waals surface area contributed by atoms with Gasteiger partial charge in [-0.2, -0.15) is 0 Å². The molecule has 0 spiro atoms. The van der Waals surface area contributed by atoms with E-state index >= 15 is 0 Å². The molecule has 0 fully saturated rings. The molecule has 0 aliphatic heterocycles. The van der Waals surface area contributed by atoms with E-state index in [4.69, 9.17) is 11.6 Å². The number of phenolic OH excluding ortho intramolecular Hbond substituents is 1. The number of phenols is 1. The summed E-state index contributed by atoms with van der Waals surface area (Å²) in [6.07, 6.45) is 0. The number of para-hydroxylation sites is 1. The van der Waals surface area contributed by atoms with E-state index in [9.17, 15) is 9.90 Å². The van der Waals surface area contributed by atoms with Gasteiger partial charge in [0.15, 0.2) is 5.78 Å². The highest BCUT2D eigenvalue weighted by Gasteiger charge is 2.14. The van der Waals surface area contributed by atoms with E-state index in [1.54, 1.807) is 49.4 Å². The molecule has 0 amide bonds. The lowest BCUT2D eigenvalue weighted by Gasteiger charge is -2.06. The van der Waals surface area contributed by atoms with Crippen molar-refractivity contribution in [3.63, 3.8) is 0 Å². The molecule has 0 bridgehead atoms. The zero-order chi connectivity index (χ0) is 12.4. The Morgan fingerprint density at radius 2 is 1.76 bits per heavy atom. The van der Waals surface area contributed by atoms with Crippen molar-refractivity contribution >= 4 is 17.4 Å². The van der Waals surface area contributed by atoms with Crippen LogP contribution in [0.2, 0.25) is 5.02 Å². The van der Waals surface area contributed by atoms with Crippen molar-refractivity contribution in [3.05, 3.63) is 64.2 Å². The quantitative estimate of drug-likeness (QED) is 0.823. The molecule has 0 radical (unpaired) electrons. The molecular weight excluding hydrogens is 236 g/mol. The fraction of sp³-hybridized carbons (Fsp3) is 0.0714. The molecule has 0 unspecified atom stereocenters. The van der Waals surface area contributed by atoms with Gasteiger partial charge in [0.2, 0.25) is 0 Å². The number of rotatable bonds is 2. The van der Waals surface area contributed by atoms with Crippen LogP contribution >= 0.6 is 11.6 Å². The Morgan fingerprint density at radius 3 is 2.41 bits per heavy atom. The van der Waals surface area contributed by atoms with Crippen LogP contribution in [-0.4, -0.2) is 10.9 Å². The van der Waals surface area contributed by atoms with Gasteiger partial charge in [-0.1, -0.05) is 23.7 Å². The van der Waals surface area contributed by atoms with E-state index in [1.165, 1.54) is 0 Å². The van der Waals surface area contributed by atoms with E-state index in [0.29, 0.717) is 21.7 Å². The normalized spacial score (nSPS) is 10.2. The number of hydrogen-bond donors (Lipinski definition) is 1. The van der Waals surface area contributed by atoms with Crippen LogP contribution in [0.15, 0.2) is 42.5 Å². The van der Waals surface area contributed by atoms with Gasteiger partial charge in [-0.15, -0.1) is 0 Å². The molecule has 2 aromatic carbocycles. The largest absolute Gasteiger partial charge is 0.507 e. The van der Waals surface area contributed by atoms with E-state index < -0.39 is 0 Å². The first-order valence-electron chi connectivity index (χ1n) is 5.18. The van der Waals surface area contributed by atoms with Crippen LogP contribution in [0.3, 0.4) is 0 Å². The third kappa shape index (κ3) is 2.32. The molecule has 0 heterocycles. The van der Waals surface area contributed by atoms with Crippen molar-refractivity contribution in [1.82, 2.24) is 0 Å². The van der Waals surface area contributed by atoms with Gasteiger partial charge in [0.1, 0.15) is 5.75 Å². The van der Waals surface area contributed by atoms with Crippen molar-refractivity contribution in [3.8, 4) is 5.75 Å². The Hall–Kier alpha value is -1.80. The van der Waals surface area contributed by atoms with E-state index in [-0.39, 0.29) is 11.5 Å². The number of hydrogen-bond acceptors (Lipinski definition) is 2. The Balaban J connectivity index is 2.44. The Kier molecular flexibility index (Phi) is 3.16. The second-order valence-corrected chi connectivity index (χ2v) is 4.24. The maximum absolute atomic E-state index is 12.1. The third-order valence-electron chi connectivity index (χ3n) is 2.59. The first kappa shape index (κ1) is 11.7. The first-order valence-corrected chi connectivity index (χ1v) is 5.56. The van der Waals surface area contributed by atoms with E-state index in [1.807, 2.05) is 0 Å². The fourth-order valence-electron chi connectivity index (χ4n) is 1.60. The van der Waals surface area contributed by atoms with Gasteiger partial charge in [0.05, 0.1) is 5.56 Å². The summed E-state index contributed by atoms with van der Waals surface area (Å²) in [7, 11) is 0. The predicted octanol–water partition coefficient (Wildman–Crippen LogP) is 3.59. The third-order valence-corrected chi connectivity index (χ3v) is 2.84. The SMILES string of the molecule is Cc1cccc(C(=O)c2ccc(Cl)cc2)c1O. The zero-order valence-corrected chi connectivity index (χ0v) is 10.0. The van der Waals surface area contributed by atoms with Crippen LogP contribution in [0.5, 0.6) is 5.75 Å². The monoisotopic (exact) mass is 246 g/mol. The average molecular weight is 247 g/mol. The van der Waals surface area contributed by atoms with Crippen molar-refractivity contribution in [2.24, 2.45) is 0 Å². The summed E-state index contributed by atoms with van der Waals surface area (Å²) in [6, 6.07) is 11.7. The molecule has 0 aliphatic rings. The highest BCUT2D eigenvalue weighted by atomic mass is 35.5. The van der Waals surface area contributed by atoms with Crippen LogP contribution in [0.25, 0.3) is 0 Å². The summed E-state index contributed by atoms with van der Waals surface area (Å²) in [5.41, 5.74) is 1.51. The van der Waals surface area contributed by atoms with Crippen LogP contribution < -0.4 is 0 Å². The molecule has 1 N–H and O–H groups in total. The topological polar surface area (TPSA) is 37.3 Å². The number of benzene rings is 2. The molecule has 0 saturated heterocycles. The Bertz CT molecular complexity index is 559. The van der Waals surface area contributed by atoms with Crippen molar-refractivity contribution < 1.29 is 9.90 Å². The summed E-state index contributed by atoms with van der Waals surface area (Å²) < 4.78 is 0. The molecule has 2 aromatic rings. The smallest absolute Gasteiger partial charge is 0.196 e. The molecule has 2 rings (SSSR count). The molecule has 0 saturated carbocycles. The lowest BCUT2D eigenvalue weighted by molar-refractivity contribution is 0.103. The first-order chi connectivity index (χ1) is 8.09. The van der Waals surface area contributed by atoms with E-state index in [2.05, 4.69) is 0 Å². The molecule has 17 heavy (non-hydrogen) atoms. The van der Waals surface area contributed by atoms with Crippen LogP contribution in [0, 0.1) is 6.92 Å². The predicted molar refractivity (Wildman–Crippen MR) is 67.7 cm³/mol. The van der Waals surface area contributed by atoms with Crippen molar-refractivity contribution in [2.45, 2.75) is 6.92 Å². The molecule has 86 valence electrons. The van der Waals surface area contributed by atoms with Gasteiger partial charge in [-0.25, -0.2) is 0 Å². The molecule has 0 aromatic heterocycles. The summed E-state index contributed by atoms with van der Waals surface area (Å²) in [5, 5.41) is 10.4. The molecule has 3 heteroatoms. The minimum absolute atomic E-state index is 0.0347. The summed E-state index contributed by atoms with van der Waals surface area (Å²) in [5.74, 6) is -0.171. The molecule has 2 nitrogen and oxygen atoms in total. The lowest BCUT2D eigenvalue weighted by Crippen LogP contribution is -2.01. The van der Waals surface area contributed by atoms with E-state index in [0.717, 1.165) is 0 Å². The maximum atomic E-state index is 12.1. The molecule has 0 atom stereocenters. The summed E-state index contributed by atoms with van der Waals surface area (Å²) >= 11 is 5.76. The van der Waals surface area contributed by atoms with Gasteiger partial charge in [-0.05, 0) is 42.8 Å². The number of ketones is 1. The average Bonchev–Trinajstić information content (AvgIpc) is 2.33. The maximum Gasteiger partial charge on any atom is 0.196 e. The highest BCUT2D eigenvalue weighted by molar-refractivity contribution is 6.30. The van der Waals surface area contributed by atoms with Crippen LogP contribution in [-0.2, 0) is 0 Å². The van der Waals surface area contributed by atoms with Gasteiger partial charge in [-0.3, -0.25) is 4.79 Å². The van der Waals surface area contributed by atoms with Crippen LogP contribution in [0.4, 0.5) is 0 Å². The second kappa shape index (κ2) is 4.60. The summed E-state index contributed by atoms with van der Waals surface area (Å²) in [4.78, 5) is 12.1. The fourth-order valence-corrected chi connectivity index (χ4v) is 1.72. The number of aryl methyl sites for hydroxylation is 1. The number of carbonyl (C=O) groups excluding carboxylic acids is 1. The Labute approximate surface area is 104 Å². The zero-order valence-electron chi connectivity index (χ0n) is 9.27. The lowest BCUT2D eigenvalue weighted by atomic mass is 10.0. The van der Waals surface area contributed by atoms with Gasteiger partial charge in [0.25, 0.3) is 0 Å². The minimum atomic E-state index is -0.206. The van der Waals surface area contributed by atoms with Gasteiger partial charge in [0, 0.05) is 10.6 Å². The Morgan fingerprint density at radius 1 is 1.12 bits per heavy atom. The van der Waals surface area contributed by atoms with Crippen molar-refractivity contribution in [1.29, 1.82) is 0 Å². The molecular formula is C14H11ClO2. The second-order valence-electron chi connectivity index (χ2n) is 3.81. The minimum Gasteiger partial charge on any atom is -0.507 e. The molecule has 0 aliphatic carbocycles. The number of halogens is 1. The van der Waals surface area contributed by atoms with Gasteiger partial charge >= 0.3 is 0 Å². The highest BCUT2D eigenvalue weighted by Crippen LogP contribution is 2.24. The summed E-state index contributed by atoms with van der Waals surface area (Å²) in [6.45, 7) is 1.76. The number of aromatic hydroxyl groups is 1. The van der Waals surface area contributed by atoms with Gasteiger partial charge < -0.3 is 5.11 Å². The van der Waals surface area contributed by atoms with Crippen LogP contribution in [0.1, 0.15) is 21.5 Å². The standard InChI is InChI=1S/C14H11ClO2/c1-9-3-2-4-12(13(9)16)14(17)10-5-7-11(15)8-6-10/h2-8,16H,1H3.